The Kier molecular flexibility index (Phi) is 3.96. The number of rotatable bonds is 3. The molecule has 0 unspecified atom stereocenters. The van der Waals surface area contributed by atoms with Crippen LogP contribution in [0, 0.1) is 6.92 Å². The summed E-state index contributed by atoms with van der Waals surface area (Å²) in [6, 6.07) is 7.61. The molecule has 0 aliphatic carbocycles. The molecule has 2 aromatic rings. The minimum atomic E-state index is 0.376. The fourth-order valence-electron chi connectivity index (χ4n) is 2.00. The fraction of sp³-hybridized carbons (Fsp3) is 0.267. The lowest BCUT2D eigenvalue weighted by Gasteiger charge is -2.12. The van der Waals surface area contributed by atoms with Crippen molar-refractivity contribution in [3.05, 3.63) is 46.6 Å². The third-order valence-corrected chi connectivity index (χ3v) is 3.13. The Labute approximate surface area is 118 Å². The van der Waals surface area contributed by atoms with Crippen LogP contribution in [0.2, 0.25) is 5.02 Å². The van der Waals surface area contributed by atoms with E-state index in [1.54, 1.807) is 6.07 Å². The fourth-order valence-corrected chi connectivity index (χ4v) is 2.17. The van der Waals surface area contributed by atoms with E-state index in [0.717, 1.165) is 5.75 Å². The highest BCUT2D eigenvalue weighted by Crippen LogP contribution is 2.29. The van der Waals surface area contributed by atoms with Crippen LogP contribution in [0.3, 0.4) is 0 Å². The summed E-state index contributed by atoms with van der Waals surface area (Å²) >= 11 is 5.80. The third kappa shape index (κ3) is 3.18. The first-order valence-electron chi connectivity index (χ1n) is 6.17. The van der Waals surface area contributed by atoms with Crippen molar-refractivity contribution < 1.29 is 4.74 Å². The Morgan fingerprint density at radius 2 is 2.00 bits per heavy atom. The third-order valence-electron chi connectivity index (χ3n) is 2.92. The predicted octanol–water partition coefficient (Wildman–Crippen LogP) is 4.54. The van der Waals surface area contributed by atoms with Gasteiger partial charge in [0.25, 0.3) is 0 Å². The van der Waals surface area contributed by atoms with E-state index in [4.69, 9.17) is 22.1 Å². The van der Waals surface area contributed by atoms with E-state index in [2.05, 4.69) is 31.8 Å². The number of benzene rings is 1. The van der Waals surface area contributed by atoms with E-state index in [1.807, 2.05) is 12.1 Å². The summed E-state index contributed by atoms with van der Waals surface area (Å²) in [6.07, 6.45) is 1.52. The van der Waals surface area contributed by atoms with Gasteiger partial charge in [0, 0.05) is 6.20 Å². The van der Waals surface area contributed by atoms with Gasteiger partial charge in [-0.05, 0) is 42.2 Å². The van der Waals surface area contributed by atoms with Gasteiger partial charge in [-0.15, -0.1) is 0 Å². The van der Waals surface area contributed by atoms with Crippen LogP contribution in [0.25, 0.3) is 0 Å². The molecule has 1 heterocycles. The summed E-state index contributed by atoms with van der Waals surface area (Å²) in [6.45, 7) is 6.41. The molecular weight excluding hydrogens is 260 g/mol. The molecule has 0 aliphatic rings. The number of nitrogen functional groups attached to an aromatic ring is 1. The standard InChI is InChI=1S/C15H17ClN2O/c1-9(2)13-5-4-12(6-10(13)3)19-15-14(17)7-11(16)8-18-15/h4-9H,17H2,1-3H3. The molecule has 1 aromatic carbocycles. The number of hydrogen-bond donors (Lipinski definition) is 1. The summed E-state index contributed by atoms with van der Waals surface area (Å²) < 4.78 is 5.68. The van der Waals surface area contributed by atoms with Gasteiger partial charge in [-0.3, -0.25) is 0 Å². The van der Waals surface area contributed by atoms with Gasteiger partial charge in [0.1, 0.15) is 5.75 Å². The van der Waals surface area contributed by atoms with Gasteiger partial charge in [-0.2, -0.15) is 0 Å². The summed E-state index contributed by atoms with van der Waals surface area (Å²) in [5, 5.41) is 0.496. The molecular formula is C15H17ClN2O. The first-order valence-corrected chi connectivity index (χ1v) is 6.54. The second-order valence-corrected chi connectivity index (χ2v) is 5.26. The Morgan fingerprint density at radius 1 is 1.26 bits per heavy atom. The van der Waals surface area contributed by atoms with Crippen molar-refractivity contribution in [1.29, 1.82) is 0 Å². The normalized spacial score (nSPS) is 10.8. The molecule has 0 spiro atoms. The maximum atomic E-state index is 5.81. The Bertz CT molecular complexity index is 597. The van der Waals surface area contributed by atoms with Gasteiger partial charge in [0.2, 0.25) is 5.88 Å². The first-order chi connectivity index (χ1) is 8.97. The van der Waals surface area contributed by atoms with Crippen molar-refractivity contribution >= 4 is 17.3 Å². The maximum Gasteiger partial charge on any atom is 0.242 e. The van der Waals surface area contributed by atoms with Gasteiger partial charge < -0.3 is 10.5 Å². The van der Waals surface area contributed by atoms with E-state index < -0.39 is 0 Å². The highest BCUT2D eigenvalue weighted by Gasteiger charge is 2.08. The minimum Gasteiger partial charge on any atom is -0.437 e. The Balaban J connectivity index is 2.26. The molecule has 2 rings (SSSR count). The monoisotopic (exact) mass is 276 g/mol. The van der Waals surface area contributed by atoms with Gasteiger partial charge in [0.15, 0.2) is 0 Å². The van der Waals surface area contributed by atoms with Crippen molar-refractivity contribution in [2.24, 2.45) is 0 Å². The highest BCUT2D eigenvalue weighted by atomic mass is 35.5. The Morgan fingerprint density at radius 3 is 2.58 bits per heavy atom. The molecule has 19 heavy (non-hydrogen) atoms. The SMILES string of the molecule is Cc1cc(Oc2ncc(Cl)cc2N)ccc1C(C)C. The molecule has 0 atom stereocenters. The summed E-state index contributed by atoms with van der Waals surface area (Å²) in [5.41, 5.74) is 8.75. The summed E-state index contributed by atoms with van der Waals surface area (Å²) in [4.78, 5) is 4.08. The molecule has 0 fully saturated rings. The molecule has 0 bridgehead atoms. The van der Waals surface area contributed by atoms with E-state index in [1.165, 1.54) is 17.3 Å². The topological polar surface area (TPSA) is 48.1 Å². The number of aromatic nitrogens is 1. The lowest BCUT2D eigenvalue weighted by Crippen LogP contribution is -1.96. The summed E-state index contributed by atoms with van der Waals surface area (Å²) in [5.74, 6) is 1.59. The zero-order valence-electron chi connectivity index (χ0n) is 11.3. The number of anilines is 1. The number of halogens is 1. The van der Waals surface area contributed by atoms with Crippen LogP contribution in [0.5, 0.6) is 11.6 Å². The molecule has 100 valence electrons. The van der Waals surface area contributed by atoms with Gasteiger partial charge >= 0.3 is 0 Å². The molecule has 0 aliphatic heterocycles. The van der Waals surface area contributed by atoms with Crippen LogP contribution in [-0.4, -0.2) is 4.98 Å². The van der Waals surface area contributed by atoms with Gasteiger partial charge in [0.05, 0.1) is 10.7 Å². The lowest BCUT2D eigenvalue weighted by atomic mass is 9.98. The van der Waals surface area contributed by atoms with Crippen molar-refractivity contribution in [1.82, 2.24) is 4.98 Å². The van der Waals surface area contributed by atoms with E-state index >= 15 is 0 Å². The zero-order chi connectivity index (χ0) is 14.0. The van der Waals surface area contributed by atoms with Crippen LogP contribution < -0.4 is 10.5 Å². The van der Waals surface area contributed by atoms with Crippen molar-refractivity contribution in [3.63, 3.8) is 0 Å². The van der Waals surface area contributed by atoms with Crippen LogP contribution >= 0.6 is 11.6 Å². The maximum absolute atomic E-state index is 5.81. The quantitative estimate of drug-likeness (QED) is 0.895. The average molecular weight is 277 g/mol. The highest BCUT2D eigenvalue weighted by molar-refractivity contribution is 6.30. The predicted molar refractivity (Wildman–Crippen MR) is 79.0 cm³/mol. The second-order valence-electron chi connectivity index (χ2n) is 4.82. The van der Waals surface area contributed by atoms with Crippen molar-refractivity contribution in [2.45, 2.75) is 26.7 Å². The number of hydrogen-bond acceptors (Lipinski definition) is 3. The smallest absolute Gasteiger partial charge is 0.242 e. The molecule has 0 amide bonds. The summed E-state index contributed by atoms with van der Waals surface area (Å²) in [7, 11) is 0. The van der Waals surface area contributed by atoms with E-state index in [-0.39, 0.29) is 0 Å². The van der Waals surface area contributed by atoms with Crippen LogP contribution in [0.1, 0.15) is 30.9 Å². The molecule has 0 saturated heterocycles. The molecule has 2 N–H and O–H groups in total. The average Bonchev–Trinajstić information content (AvgIpc) is 2.32. The number of ether oxygens (including phenoxy) is 1. The lowest BCUT2D eigenvalue weighted by molar-refractivity contribution is 0.465. The van der Waals surface area contributed by atoms with Crippen LogP contribution in [-0.2, 0) is 0 Å². The van der Waals surface area contributed by atoms with Gasteiger partial charge in [-0.1, -0.05) is 31.5 Å². The molecule has 0 saturated carbocycles. The number of pyridine rings is 1. The van der Waals surface area contributed by atoms with Crippen LogP contribution in [0.15, 0.2) is 30.5 Å². The second kappa shape index (κ2) is 5.49. The zero-order valence-corrected chi connectivity index (χ0v) is 12.0. The minimum absolute atomic E-state index is 0.376. The molecule has 1 aromatic heterocycles. The number of aryl methyl sites for hydroxylation is 1. The number of nitrogens with two attached hydrogens (primary N) is 1. The Hall–Kier alpha value is -1.74. The molecule has 3 nitrogen and oxygen atoms in total. The first kappa shape index (κ1) is 13.7. The van der Waals surface area contributed by atoms with E-state index in [9.17, 15) is 0 Å². The molecule has 0 radical (unpaired) electrons. The van der Waals surface area contributed by atoms with E-state index in [0.29, 0.717) is 22.5 Å². The molecule has 4 heteroatoms. The van der Waals surface area contributed by atoms with Gasteiger partial charge in [-0.25, -0.2) is 4.98 Å². The van der Waals surface area contributed by atoms with Crippen molar-refractivity contribution in [2.75, 3.05) is 5.73 Å². The largest absolute Gasteiger partial charge is 0.437 e. The van der Waals surface area contributed by atoms with Crippen LogP contribution in [0.4, 0.5) is 5.69 Å². The number of nitrogens with zero attached hydrogens (tertiary/aromatic N) is 1. The van der Waals surface area contributed by atoms with Crippen molar-refractivity contribution in [3.8, 4) is 11.6 Å².